The van der Waals surface area contributed by atoms with Gasteiger partial charge in [0.15, 0.2) is 0 Å². The van der Waals surface area contributed by atoms with Gasteiger partial charge in [-0.25, -0.2) is 4.79 Å². The zero-order chi connectivity index (χ0) is 14.6. The summed E-state index contributed by atoms with van der Waals surface area (Å²) in [6.45, 7) is 6.81. The molecule has 0 spiro atoms. The smallest absolute Gasteiger partial charge is 0.408 e. The highest BCUT2D eigenvalue weighted by molar-refractivity contribution is 5.68. The first-order valence-corrected chi connectivity index (χ1v) is 6.13. The Morgan fingerprint density at radius 2 is 2.05 bits per heavy atom. The highest BCUT2D eigenvalue weighted by Gasteiger charge is 2.20. The fraction of sp³-hybridized carbons (Fsp3) is 0.500. The van der Waals surface area contributed by atoms with E-state index in [1.807, 2.05) is 0 Å². The molecule has 0 aliphatic heterocycles. The number of hydrogen-bond acceptors (Lipinski definition) is 4. The summed E-state index contributed by atoms with van der Waals surface area (Å²) in [4.78, 5) is 11.7. The first-order valence-electron chi connectivity index (χ1n) is 6.13. The van der Waals surface area contributed by atoms with Gasteiger partial charge in [-0.3, -0.25) is 0 Å². The maximum absolute atomic E-state index is 11.7. The van der Waals surface area contributed by atoms with Gasteiger partial charge in [-0.2, -0.15) is 0 Å². The van der Waals surface area contributed by atoms with Crippen LogP contribution in [0.1, 0.15) is 37.9 Å². The Morgan fingerprint density at radius 1 is 1.42 bits per heavy atom. The molecular weight excluding hydrogens is 246 g/mol. The number of rotatable bonds is 3. The Kier molecular flexibility index (Phi) is 4.78. The van der Waals surface area contributed by atoms with E-state index in [0.717, 1.165) is 0 Å². The molecule has 5 heteroatoms. The molecule has 0 radical (unpaired) electrons. The van der Waals surface area contributed by atoms with Gasteiger partial charge >= 0.3 is 6.09 Å². The normalized spacial score (nSPS) is 12.9. The highest BCUT2D eigenvalue weighted by Crippen LogP contribution is 2.21. The molecule has 1 rings (SSSR count). The van der Waals surface area contributed by atoms with Crippen molar-refractivity contribution >= 4 is 6.09 Å². The van der Waals surface area contributed by atoms with E-state index in [-0.39, 0.29) is 12.4 Å². The van der Waals surface area contributed by atoms with Gasteiger partial charge in [-0.05, 0) is 44.9 Å². The molecule has 0 fully saturated rings. The van der Waals surface area contributed by atoms with E-state index in [9.17, 15) is 15.0 Å². The van der Waals surface area contributed by atoms with Crippen LogP contribution in [0.25, 0.3) is 0 Å². The molecule has 106 valence electrons. The number of hydrogen-bond donors (Lipinski definition) is 3. The van der Waals surface area contributed by atoms with Gasteiger partial charge < -0.3 is 20.3 Å². The second-order valence-electron chi connectivity index (χ2n) is 5.43. The van der Waals surface area contributed by atoms with Crippen LogP contribution in [-0.4, -0.2) is 28.5 Å². The van der Waals surface area contributed by atoms with Crippen molar-refractivity contribution in [3.63, 3.8) is 0 Å². The lowest BCUT2D eigenvalue weighted by molar-refractivity contribution is 0.0482. The van der Waals surface area contributed by atoms with E-state index >= 15 is 0 Å². The standard InChI is InChI=1S/C14H21NO4/c1-9-7-10(5-6-12(9)17)11(8-16)15-13(18)19-14(2,3)4/h5-7,11,16-17H,8H2,1-4H3,(H,15,18)/t11-/m0/s1. The van der Waals surface area contributed by atoms with Crippen molar-refractivity contribution in [2.24, 2.45) is 0 Å². The lowest BCUT2D eigenvalue weighted by Gasteiger charge is -2.23. The molecule has 1 amide bonds. The molecule has 3 N–H and O–H groups in total. The van der Waals surface area contributed by atoms with Crippen molar-refractivity contribution in [3.8, 4) is 5.75 Å². The van der Waals surface area contributed by atoms with Gasteiger partial charge in [-0.1, -0.05) is 12.1 Å². The number of ether oxygens (including phenoxy) is 1. The van der Waals surface area contributed by atoms with Crippen molar-refractivity contribution in [1.82, 2.24) is 5.32 Å². The lowest BCUT2D eigenvalue weighted by atomic mass is 10.0. The number of aromatic hydroxyl groups is 1. The number of amides is 1. The highest BCUT2D eigenvalue weighted by atomic mass is 16.6. The second-order valence-corrected chi connectivity index (χ2v) is 5.43. The van der Waals surface area contributed by atoms with Crippen LogP contribution in [0.4, 0.5) is 4.79 Å². The van der Waals surface area contributed by atoms with E-state index in [1.54, 1.807) is 39.8 Å². The van der Waals surface area contributed by atoms with E-state index in [4.69, 9.17) is 4.74 Å². The second kappa shape index (κ2) is 5.93. The SMILES string of the molecule is Cc1cc([C@H](CO)NC(=O)OC(C)(C)C)ccc1O. The summed E-state index contributed by atoms with van der Waals surface area (Å²) in [5, 5.41) is 21.4. The first-order chi connectivity index (χ1) is 8.73. The van der Waals surface area contributed by atoms with Crippen molar-refractivity contribution in [3.05, 3.63) is 29.3 Å². The van der Waals surface area contributed by atoms with E-state index in [2.05, 4.69) is 5.32 Å². The molecule has 19 heavy (non-hydrogen) atoms. The summed E-state index contributed by atoms with van der Waals surface area (Å²) in [7, 11) is 0. The van der Waals surface area contributed by atoms with Gasteiger partial charge in [-0.15, -0.1) is 0 Å². The predicted octanol–water partition coefficient (Wildman–Crippen LogP) is 2.26. The van der Waals surface area contributed by atoms with Gasteiger partial charge in [0.1, 0.15) is 11.4 Å². The summed E-state index contributed by atoms with van der Waals surface area (Å²) >= 11 is 0. The molecule has 0 aliphatic rings. The summed E-state index contributed by atoms with van der Waals surface area (Å²) in [6.07, 6.45) is -0.586. The summed E-state index contributed by atoms with van der Waals surface area (Å²) in [5.74, 6) is 0.178. The molecule has 1 aromatic carbocycles. The fourth-order valence-electron chi connectivity index (χ4n) is 1.58. The van der Waals surface area contributed by atoms with E-state index < -0.39 is 17.7 Å². The van der Waals surface area contributed by atoms with Crippen LogP contribution < -0.4 is 5.32 Å². The third-order valence-electron chi connectivity index (χ3n) is 2.50. The monoisotopic (exact) mass is 267 g/mol. The molecule has 0 saturated heterocycles. The number of carbonyl (C=O) groups excluding carboxylic acids is 1. The molecule has 1 atom stereocenters. The van der Waals surface area contributed by atoms with Gasteiger partial charge in [0.25, 0.3) is 0 Å². The topological polar surface area (TPSA) is 78.8 Å². The third-order valence-corrected chi connectivity index (χ3v) is 2.50. The first kappa shape index (κ1) is 15.3. The third kappa shape index (κ3) is 4.79. The van der Waals surface area contributed by atoms with Crippen LogP contribution >= 0.6 is 0 Å². The quantitative estimate of drug-likeness (QED) is 0.785. The Balaban J connectivity index is 2.78. The molecule has 0 heterocycles. The van der Waals surface area contributed by atoms with Crippen LogP contribution in [0.3, 0.4) is 0 Å². The molecule has 0 bridgehead atoms. The molecule has 0 unspecified atom stereocenters. The number of carbonyl (C=O) groups is 1. The van der Waals surface area contributed by atoms with Crippen LogP contribution in [-0.2, 0) is 4.74 Å². The molecule has 0 aliphatic carbocycles. The molecule has 0 saturated carbocycles. The number of phenols is 1. The van der Waals surface area contributed by atoms with E-state index in [1.165, 1.54) is 6.07 Å². The van der Waals surface area contributed by atoms with Crippen LogP contribution in [0.5, 0.6) is 5.75 Å². The zero-order valence-electron chi connectivity index (χ0n) is 11.7. The van der Waals surface area contributed by atoms with Crippen molar-refractivity contribution in [2.75, 3.05) is 6.61 Å². The van der Waals surface area contributed by atoms with E-state index in [0.29, 0.717) is 11.1 Å². The molecule has 0 aromatic heterocycles. The van der Waals surface area contributed by atoms with Crippen molar-refractivity contribution in [1.29, 1.82) is 0 Å². The molecule has 1 aromatic rings. The summed E-state index contributed by atoms with van der Waals surface area (Å²) < 4.78 is 5.13. The number of aliphatic hydroxyl groups is 1. The maximum Gasteiger partial charge on any atom is 0.408 e. The van der Waals surface area contributed by atoms with Crippen molar-refractivity contribution in [2.45, 2.75) is 39.3 Å². The van der Waals surface area contributed by atoms with Crippen LogP contribution in [0, 0.1) is 6.92 Å². The number of aliphatic hydroxyl groups excluding tert-OH is 1. The average molecular weight is 267 g/mol. The number of phenolic OH excluding ortho intramolecular Hbond substituents is 1. The minimum absolute atomic E-state index is 0.178. The van der Waals surface area contributed by atoms with Crippen molar-refractivity contribution < 1.29 is 19.7 Å². The summed E-state index contributed by atoms with van der Waals surface area (Å²) in [5.41, 5.74) is 0.806. The Labute approximate surface area is 113 Å². The van der Waals surface area contributed by atoms with Gasteiger partial charge in [0.2, 0.25) is 0 Å². The Hall–Kier alpha value is -1.75. The number of nitrogens with one attached hydrogen (secondary N) is 1. The average Bonchev–Trinajstić information content (AvgIpc) is 2.27. The fourth-order valence-corrected chi connectivity index (χ4v) is 1.58. The Bertz CT molecular complexity index is 451. The number of alkyl carbamates (subject to hydrolysis) is 1. The minimum atomic E-state index is -0.588. The molecular formula is C14H21NO4. The largest absolute Gasteiger partial charge is 0.508 e. The summed E-state index contributed by atoms with van der Waals surface area (Å²) in [6, 6.07) is 4.34. The number of benzene rings is 1. The van der Waals surface area contributed by atoms with Crippen LogP contribution in [0.2, 0.25) is 0 Å². The lowest BCUT2D eigenvalue weighted by Crippen LogP contribution is -2.36. The van der Waals surface area contributed by atoms with Gasteiger partial charge in [0.05, 0.1) is 12.6 Å². The zero-order valence-corrected chi connectivity index (χ0v) is 11.7. The minimum Gasteiger partial charge on any atom is -0.508 e. The maximum atomic E-state index is 11.7. The molecule has 5 nitrogen and oxygen atoms in total. The van der Waals surface area contributed by atoms with Gasteiger partial charge in [0, 0.05) is 0 Å². The van der Waals surface area contributed by atoms with Crippen LogP contribution in [0.15, 0.2) is 18.2 Å². The Morgan fingerprint density at radius 3 is 2.53 bits per heavy atom. The predicted molar refractivity (Wildman–Crippen MR) is 72.0 cm³/mol. The number of aryl methyl sites for hydroxylation is 1.